The summed E-state index contributed by atoms with van der Waals surface area (Å²) in [7, 11) is 1.57. The number of benzene rings is 2. The highest BCUT2D eigenvalue weighted by Crippen LogP contribution is 2.26. The van der Waals surface area contributed by atoms with Crippen molar-refractivity contribution in [3.63, 3.8) is 0 Å². The van der Waals surface area contributed by atoms with Crippen LogP contribution in [0.3, 0.4) is 0 Å². The third-order valence-electron chi connectivity index (χ3n) is 3.20. The summed E-state index contributed by atoms with van der Waals surface area (Å²) in [4.78, 5) is 16.7. The lowest BCUT2D eigenvalue weighted by atomic mass is 10.2. The predicted molar refractivity (Wildman–Crippen MR) is 93.5 cm³/mol. The number of hydrogen-bond acceptors (Lipinski definition) is 4. The van der Waals surface area contributed by atoms with Crippen LogP contribution in [-0.4, -0.2) is 18.0 Å². The number of amides is 1. The number of ether oxygens (including phenoxy) is 1. The van der Waals surface area contributed by atoms with E-state index in [0.717, 1.165) is 11.3 Å². The third-order valence-corrected chi connectivity index (χ3v) is 4.21. The molecule has 0 fully saturated rings. The van der Waals surface area contributed by atoms with Gasteiger partial charge in [0.05, 0.1) is 12.8 Å². The zero-order chi connectivity index (χ0) is 16.2. The Kier molecular flexibility index (Phi) is 4.60. The van der Waals surface area contributed by atoms with E-state index in [1.165, 1.54) is 11.3 Å². The molecule has 1 N–H and O–H groups in total. The van der Waals surface area contributed by atoms with Crippen molar-refractivity contribution in [2.45, 2.75) is 0 Å². The van der Waals surface area contributed by atoms with Gasteiger partial charge in [-0.1, -0.05) is 29.8 Å². The molecule has 0 aliphatic carbocycles. The monoisotopic (exact) mass is 344 g/mol. The molecule has 1 heterocycles. The Bertz CT molecular complexity index is 831. The zero-order valence-electron chi connectivity index (χ0n) is 12.2. The van der Waals surface area contributed by atoms with Crippen LogP contribution in [-0.2, 0) is 0 Å². The van der Waals surface area contributed by atoms with Gasteiger partial charge in [0.25, 0.3) is 5.91 Å². The molecule has 0 radical (unpaired) electrons. The number of carbonyl (C=O) groups excluding carboxylic acids is 1. The summed E-state index contributed by atoms with van der Waals surface area (Å²) >= 11 is 7.25. The molecule has 3 rings (SSSR count). The Hall–Kier alpha value is -2.37. The van der Waals surface area contributed by atoms with Crippen LogP contribution >= 0.6 is 22.9 Å². The Labute approximate surface area is 142 Å². The largest absolute Gasteiger partial charge is 0.497 e. The quantitative estimate of drug-likeness (QED) is 0.744. The van der Waals surface area contributed by atoms with Crippen LogP contribution in [0.1, 0.15) is 10.4 Å². The topological polar surface area (TPSA) is 51.2 Å². The smallest absolute Gasteiger partial charge is 0.257 e. The van der Waals surface area contributed by atoms with Crippen molar-refractivity contribution in [2.75, 3.05) is 12.4 Å². The number of aromatic nitrogens is 1. The molecule has 1 amide bonds. The van der Waals surface area contributed by atoms with Crippen LogP contribution in [0.15, 0.2) is 53.9 Å². The van der Waals surface area contributed by atoms with E-state index in [2.05, 4.69) is 10.3 Å². The van der Waals surface area contributed by atoms with E-state index in [4.69, 9.17) is 16.3 Å². The molecule has 0 aliphatic rings. The van der Waals surface area contributed by atoms with Gasteiger partial charge in [0.2, 0.25) is 0 Å². The molecule has 0 spiro atoms. The molecular formula is C17H13ClN2O2S. The third kappa shape index (κ3) is 3.70. The van der Waals surface area contributed by atoms with Gasteiger partial charge in [-0.05, 0) is 30.3 Å². The van der Waals surface area contributed by atoms with Gasteiger partial charge in [-0.15, -0.1) is 11.3 Å². The summed E-state index contributed by atoms with van der Waals surface area (Å²) in [5.74, 6) is 0.416. The van der Waals surface area contributed by atoms with Crippen LogP contribution in [0.4, 0.5) is 5.13 Å². The number of thiazole rings is 1. The second-order valence-corrected chi connectivity index (χ2v) is 6.03. The average Bonchev–Trinajstić information content (AvgIpc) is 3.04. The molecule has 0 bridgehead atoms. The highest BCUT2D eigenvalue weighted by atomic mass is 35.5. The maximum atomic E-state index is 12.3. The first-order chi connectivity index (χ1) is 11.2. The Morgan fingerprint density at radius 1 is 1.22 bits per heavy atom. The number of rotatable bonds is 4. The molecule has 1 aromatic heterocycles. The van der Waals surface area contributed by atoms with Crippen molar-refractivity contribution in [3.8, 4) is 17.0 Å². The minimum atomic E-state index is -0.221. The molecule has 0 atom stereocenters. The second kappa shape index (κ2) is 6.81. The van der Waals surface area contributed by atoms with Gasteiger partial charge in [0, 0.05) is 21.5 Å². The maximum absolute atomic E-state index is 12.3. The van der Waals surface area contributed by atoms with Crippen LogP contribution in [0.25, 0.3) is 11.3 Å². The van der Waals surface area contributed by atoms with E-state index >= 15 is 0 Å². The van der Waals surface area contributed by atoms with Gasteiger partial charge in [-0.3, -0.25) is 10.1 Å². The fourth-order valence-corrected chi connectivity index (χ4v) is 2.86. The number of hydrogen-bond donors (Lipinski definition) is 1. The fourth-order valence-electron chi connectivity index (χ4n) is 2.02. The minimum Gasteiger partial charge on any atom is -0.497 e. The van der Waals surface area contributed by atoms with Crippen molar-refractivity contribution < 1.29 is 9.53 Å². The van der Waals surface area contributed by atoms with E-state index in [0.29, 0.717) is 21.5 Å². The number of nitrogens with one attached hydrogen (secondary N) is 1. The lowest BCUT2D eigenvalue weighted by Gasteiger charge is -2.04. The first-order valence-corrected chi connectivity index (χ1v) is 8.08. The van der Waals surface area contributed by atoms with E-state index < -0.39 is 0 Å². The molecule has 23 heavy (non-hydrogen) atoms. The molecular weight excluding hydrogens is 332 g/mol. The highest BCUT2D eigenvalue weighted by Gasteiger charge is 2.10. The lowest BCUT2D eigenvalue weighted by molar-refractivity contribution is 0.102. The standard InChI is InChI=1S/C17H13ClN2O2S/c1-22-14-4-2-3-12(9-14)16(21)20-17-19-15(10-23-17)11-5-7-13(18)8-6-11/h2-10H,1H3,(H,19,20,21). The molecule has 0 saturated heterocycles. The van der Waals surface area contributed by atoms with Gasteiger partial charge < -0.3 is 4.74 Å². The molecule has 2 aromatic carbocycles. The molecule has 116 valence electrons. The van der Waals surface area contributed by atoms with Crippen LogP contribution in [0.2, 0.25) is 5.02 Å². The Morgan fingerprint density at radius 2 is 2.00 bits per heavy atom. The molecule has 0 unspecified atom stereocenters. The zero-order valence-corrected chi connectivity index (χ0v) is 13.8. The Balaban J connectivity index is 1.75. The molecule has 0 aliphatic heterocycles. The summed E-state index contributed by atoms with van der Waals surface area (Å²) in [6.45, 7) is 0. The average molecular weight is 345 g/mol. The lowest BCUT2D eigenvalue weighted by Crippen LogP contribution is -2.11. The van der Waals surface area contributed by atoms with Crippen LogP contribution in [0.5, 0.6) is 5.75 Å². The number of anilines is 1. The van der Waals surface area contributed by atoms with Gasteiger partial charge in [-0.25, -0.2) is 4.98 Å². The summed E-state index contributed by atoms with van der Waals surface area (Å²) in [6, 6.07) is 14.4. The van der Waals surface area contributed by atoms with Crippen LogP contribution in [0, 0.1) is 0 Å². The van der Waals surface area contributed by atoms with Crippen molar-refractivity contribution in [1.29, 1.82) is 0 Å². The normalized spacial score (nSPS) is 10.3. The maximum Gasteiger partial charge on any atom is 0.257 e. The minimum absolute atomic E-state index is 0.221. The van der Waals surface area contributed by atoms with Crippen molar-refractivity contribution in [1.82, 2.24) is 4.98 Å². The predicted octanol–water partition coefficient (Wildman–Crippen LogP) is 4.72. The van der Waals surface area contributed by atoms with Gasteiger partial charge in [-0.2, -0.15) is 0 Å². The molecule has 4 nitrogen and oxygen atoms in total. The van der Waals surface area contributed by atoms with Gasteiger partial charge in [0.1, 0.15) is 5.75 Å². The first-order valence-electron chi connectivity index (χ1n) is 6.82. The number of nitrogens with zero attached hydrogens (tertiary/aromatic N) is 1. The van der Waals surface area contributed by atoms with E-state index in [-0.39, 0.29) is 5.91 Å². The summed E-state index contributed by atoms with van der Waals surface area (Å²) in [5, 5.41) is 5.91. The van der Waals surface area contributed by atoms with Crippen molar-refractivity contribution >= 4 is 34.0 Å². The highest BCUT2D eigenvalue weighted by molar-refractivity contribution is 7.14. The summed E-state index contributed by atoms with van der Waals surface area (Å²) in [5.41, 5.74) is 2.27. The second-order valence-electron chi connectivity index (χ2n) is 4.73. The summed E-state index contributed by atoms with van der Waals surface area (Å²) in [6.07, 6.45) is 0. The van der Waals surface area contributed by atoms with Crippen molar-refractivity contribution in [2.24, 2.45) is 0 Å². The van der Waals surface area contributed by atoms with E-state index in [9.17, 15) is 4.79 Å². The SMILES string of the molecule is COc1cccc(C(=O)Nc2nc(-c3ccc(Cl)cc3)cs2)c1. The van der Waals surface area contributed by atoms with Crippen molar-refractivity contribution in [3.05, 3.63) is 64.5 Å². The number of halogens is 1. The number of methoxy groups -OCH3 is 1. The summed E-state index contributed by atoms with van der Waals surface area (Å²) < 4.78 is 5.12. The fraction of sp³-hybridized carbons (Fsp3) is 0.0588. The van der Waals surface area contributed by atoms with Crippen LogP contribution < -0.4 is 10.1 Å². The molecule has 3 aromatic rings. The van der Waals surface area contributed by atoms with E-state index in [1.807, 2.05) is 29.6 Å². The van der Waals surface area contributed by atoms with Gasteiger partial charge >= 0.3 is 0 Å². The van der Waals surface area contributed by atoms with Gasteiger partial charge in [0.15, 0.2) is 5.13 Å². The first kappa shape index (κ1) is 15.5. The number of carbonyl (C=O) groups is 1. The molecule has 0 saturated carbocycles. The molecule has 6 heteroatoms. The van der Waals surface area contributed by atoms with E-state index in [1.54, 1.807) is 31.4 Å². The Morgan fingerprint density at radius 3 is 2.74 bits per heavy atom.